The Morgan fingerprint density at radius 2 is 1.78 bits per heavy atom. The van der Waals surface area contributed by atoms with Gasteiger partial charge in [-0.25, -0.2) is 0 Å². The predicted octanol–water partition coefficient (Wildman–Crippen LogP) is 3.31. The second-order valence-electron chi connectivity index (χ2n) is 4.40. The monoisotopic (exact) mass is 235 g/mol. The first-order valence-corrected chi connectivity index (χ1v) is 5.91. The van der Waals surface area contributed by atoms with Gasteiger partial charge in [0.15, 0.2) is 0 Å². The van der Waals surface area contributed by atoms with Gasteiger partial charge in [-0.05, 0) is 36.9 Å². The molecule has 1 aromatic carbocycles. The molecule has 88 valence electrons. The minimum atomic E-state index is 0.859. The molecule has 0 aliphatic rings. The van der Waals surface area contributed by atoms with Crippen molar-refractivity contribution in [1.82, 2.24) is 15.2 Å². The number of aryl methyl sites for hydroxylation is 2. The highest BCUT2D eigenvalue weighted by Crippen LogP contribution is 2.27. The average Bonchev–Trinajstić information content (AvgIpc) is 2.38. The fourth-order valence-electron chi connectivity index (χ4n) is 2.14. The molecule has 0 radical (unpaired) electrons. The van der Waals surface area contributed by atoms with Crippen LogP contribution in [0.25, 0.3) is 22.2 Å². The van der Waals surface area contributed by atoms with E-state index in [2.05, 4.69) is 33.4 Å². The predicted molar refractivity (Wildman–Crippen MR) is 72.2 cm³/mol. The lowest BCUT2D eigenvalue weighted by Crippen LogP contribution is -1.96. The number of rotatable bonds is 1. The van der Waals surface area contributed by atoms with Gasteiger partial charge < -0.3 is 0 Å². The molecule has 0 atom stereocenters. The molecule has 3 nitrogen and oxygen atoms in total. The highest BCUT2D eigenvalue weighted by Gasteiger charge is 2.10. The Morgan fingerprint density at radius 3 is 2.61 bits per heavy atom. The first kappa shape index (κ1) is 10.8. The molecule has 3 rings (SSSR count). The molecule has 0 saturated carbocycles. The number of fused-ring (bicyclic) bond motifs is 1. The van der Waals surface area contributed by atoms with E-state index in [0.717, 1.165) is 28.0 Å². The topological polar surface area (TPSA) is 38.7 Å². The maximum atomic E-state index is 4.63. The molecule has 0 spiro atoms. The van der Waals surface area contributed by atoms with Crippen LogP contribution >= 0.6 is 0 Å². The van der Waals surface area contributed by atoms with Crippen LogP contribution in [-0.2, 0) is 0 Å². The quantitative estimate of drug-likeness (QED) is 0.649. The normalized spacial score (nSPS) is 10.8. The summed E-state index contributed by atoms with van der Waals surface area (Å²) in [6, 6.07) is 12.3. The lowest BCUT2D eigenvalue weighted by molar-refractivity contribution is 1.01. The minimum absolute atomic E-state index is 0.859. The van der Waals surface area contributed by atoms with Gasteiger partial charge in [0.05, 0.1) is 5.69 Å². The average molecular weight is 235 g/mol. The van der Waals surface area contributed by atoms with Crippen molar-refractivity contribution in [2.45, 2.75) is 13.8 Å². The van der Waals surface area contributed by atoms with Gasteiger partial charge in [-0.1, -0.05) is 24.3 Å². The van der Waals surface area contributed by atoms with Crippen LogP contribution in [-0.4, -0.2) is 15.2 Å². The van der Waals surface area contributed by atoms with Gasteiger partial charge in [-0.3, -0.25) is 4.98 Å². The maximum absolute atomic E-state index is 4.63. The van der Waals surface area contributed by atoms with Crippen molar-refractivity contribution in [1.29, 1.82) is 0 Å². The van der Waals surface area contributed by atoms with E-state index in [-0.39, 0.29) is 0 Å². The molecule has 0 aliphatic carbocycles. The molecule has 2 heterocycles. The Hall–Kier alpha value is -2.29. The number of nitrogens with zero attached hydrogens (tertiary/aromatic N) is 3. The van der Waals surface area contributed by atoms with Gasteiger partial charge in [-0.15, -0.1) is 5.10 Å². The Labute approximate surface area is 106 Å². The molecule has 0 saturated heterocycles. The third kappa shape index (κ3) is 1.74. The molecular weight excluding hydrogens is 222 g/mol. The number of hydrogen-bond donors (Lipinski definition) is 0. The smallest absolute Gasteiger partial charge is 0.115 e. The zero-order chi connectivity index (χ0) is 12.5. The lowest BCUT2D eigenvalue weighted by Gasteiger charge is -2.08. The summed E-state index contributed by atoms with van der Waals surface area (Å²) in [6.07, 6.45) is 1.71. The van der Waals surface area contributed by atoms with Gasteiger partial charge in [-0.2, -0.15) is 5.10 Å². The Bertz CT molecular complexity index is 720. The number of pyridine rings is 1. The molecule has 0 aliphatic heterocycles. The van der Waals surface area contributed by atoms with Crippen LogP contribution in [0.4, 0.5) is 0 Å². The van der Waals surface area contributed by atoms with Gasteiger partial charge in [0.25, 0.3) is 0 Å². The SMILES string of the molecule is Cc1cc2ccccc2c(-c2nnccc2C)n1. The van der Waals surface area contributed by atoms with Crippen molar-refractivity contribution in [3.8, 4) is 11.4 Å². The van der Waals surface area contributed by atoms with Gasteiger partial charge >= 0.3 is 0 Å². The first-order chi connectivity index (χ1) is 8.75. The summed E-state index contributed by atoms with van der Waals surface area (Å²) in [6.45, 7) is 4.03. The molecule has 18 heavy (non-hydrogen) atoms. The highest BCUT2D eigenvalue weighted by molar-refractivity contribution is 5.94. The van der Waals surface area contributed by atoms with E-state index in [0.29, 0.717) is 0 Å². The van der Waals surface area contributed by atoms with Crippen molar-refractivity contribution in [3.05, 3.63) is 53.9 Å². The lowest BCUT2D eigenvalue weighted by atomic mass is 10.0. The number of benzene rings is 1. The standard InChI is InChI=1S/C15H13N3/c1-10-7-8-16-18-14(10)15-13-6-4-3-5-12(13)9-11(2)17-15/h3-9H,1-2H3. The van der Waals surface area contributed by atoms with E-state index in [1.54, 1.807) is 6.20 Å². The van der Waals surface area contributed by atoms with Crippen molar-refractivity contribution in [3.63, 3.8) is 0 Å². The summed E-state index contributed by atoms with van der Waals surface area (Å²) in [4.78, 5) is 4.63. The first-order valence-electron chi connectivity index (χ1n) is 5.91. The summed E-state index contributed by atoms with van der Waals surface area (Å²) in [5.74, 6) is 0. The summed E-state index contributed by atoms with van der Waals surface area (Å²) in [5.41, 5.74) is 3.86. The van der Waals surface area contributed by atoms with Gasteiger partial charge in [0.2, 0.25) is 0 Å². The molecule has 2 aromatic heterocycles. The summed E-state index contributed by atoms with van der Waals surface area (Å²) in [5, 5.41) is 10.5. The zero-order valence-electron chi connectivity index (χ0n) is 10.4. The zero-order valence-corrected chi connectivity index (χ0v) is 10.4. The molecule has 0 N–H and O–H groups in total. The van der Waals surface area contributed by atoms with Gasteiger partial charge in [0, 0.05) is 17.3 Å². The Kier molecular flexibility index (Phi) is 2.52. The molecule has 0 amide bonds. The molecule has 3 aromatic rings. The fourth-order valence-corrected chi connectivity index (χ4v) is 2.14. The van der Waals surface area contributed by atoms with E-state index >= 15 is 0 Å². The van der Waals surface area contributed by atoms with Crippen molar-refractivity contribution in [2.24, 2.45) is 0 Å². The van der Waals surface area contributed by atoms with E-state index in [1.807, 2.05) is 32.0 Å². The minimum Gasteiger partial charge on any atom is -0.251 e. The van der Waals surface area contributed by atoms with Crippen LogP contribution in [0.5, 0.6) is 0 Å². The van der Waals surface area contributed by atoms with E-state index in [4.69, 9.17) is 0 Å². The number of aromatic nitrogens is 3. The second kappa shape index (κ2) is 4.18. The van der Waals surface area contributed by atoms with Crippen LogP contribution in [0.2, 0.25) is 0 Å². The van der Waals surface area contributed by atoms with Crippen LogP contribution < -0.4 is 0 Å². The Morgan fingerprint density at radius 1 is 0.944 bits per heavy atom. The second-order valence-corrected chi connectivity index (χ2v) is 4.40. The summed E-state index contributed by atoms with van der Waals surface area (Å²) >= 11 is 0. The van der Waals surface area contributed by atoms with Crippen LogP contribution in [0.15, 0.2) is 42.6 Å². The molecule has 0 unspecified atom stereocenters. The van der Waals surface area contributed by atoms with Gasteiger partial charge in [0.1, 0.15) is 5.69 Å². The molecule has 3 heteroatoms. The summed E-state index contributed by atoms with van der Waals surface area (Å²) < 4.78 is 0. The third-order valence-corrected chi connectivity index (χ3v) is 3.02. The van der Waals surface area contributed by atoms with E-state index in [9.17, 15) is 0 Å². The fraction of sp³-hybridized carbons (Fsp3) is 0.133. The van der Waals surface area contributed by atoms with Crippen LogP contribution in [0, 0.1) is 13.8 Å². The molecular formula is C15H13N3. The van der Waals surface area contributed by atoms with E-state index < -0.39 is 0 Å². The third-order valence-electron chi connectivity index (χ3n) is 3.02. The summed E-state index contributed by atoms with van der Waals surface area (Å²) in [7, 11) is 0. The van der Waals surface area contributed by atoms with Crippen molar-refractivity contribution in [2.75, 3.05) is 0 Å². The maximum Gasteiger partial charge on any atom is 0.115 e. The molecule has 0 bridgehead atoms. The van der Waals surface area contributed by atoms with Crippen LogP contribution in [0.1, 0.15) is 11.3 Å². The number of hydrogen-bond acceptors (Lipinski definition) is 3. The van der Waals surface area contributed by atoms with Crippen molar-refractivity contribution >= 4 is 10.8 Å². The largest absolute Gasteiger partial charge is 0.251 e. The Balaban J connectivity index is 2.39. The van der Waals surface area contributed by atoms with Crippen LogP contribution in [0.3, 0.4) is 0 Å². The van der Waals surface area contributed by atoms with Crippen molar-refractivity contribution < 1.29 is 0 Å². The van der Waals surface area contributed by atoms with E-state index in [1.165, 1.54) is 5.39 Å². The molecule has 0 fully saturated rings. The highest BCUT2D eigenvalue weighted by atomic mass is 15.1.